The topological polar surface area (TPSA) is 145 Å². The molecule has 0 aromatic heterocycles. The van der Waals surface area contributed by atoms with Gasteiger partial charge in [0.2, 0.25) is 5.91 Å². The lowest BCUT2D eigenvalue weighted by atomic mass is 9.99. The van der Waals surface area contributed by atoms with Crippen LogP contribution in [0.15, 0.2) is 71.2 Å². The summed E-state index contributed by atoms with van der Waals surface area (Å²) in [6, 6.07) is 14.1. The molecule has 0 saturated carbocycles. The van der Waals surface area contributed by atoms with Crippen LogP contribution in [-0.4, -0.2) is 34.3 Å². The SMILES string of the molecule is COc1ccc([N+](=O)[O-])c(C(=O)N(c2ccc(Br)cc2)C(C(=O)NC(C)(C)C)c2ccc([N+](=O)[O-])cc2)c1. The van der Waals surface area contributed by atoms with Crippen LogP contribution < -0.4 is 15.0 Å². The minimum absolute atomic E-state index is 0.200. The van der Waals surface area contributed by atoms with Crippen molar-refractivity contribution in [1.29, 1.82) is 0 Å². The van der Waals surface area contributed by atoms with Crippen molar-refractivity contribution in [1.82, 2.24) is 5.32 Å². The molecule has 0 spiro atoms. The van der Waals surface area contributed by atoms with E-state index in [9.17, 15) is 29.8 Å². The number of non-ortho nitro benzene ring substituents is 1. The first-order valence-electron chi connectivity index (χ1n) is 11.3. The molecule has 12 heteroatoms. The van der Waals surface area contributed by atoms with Crippen LogP contribution in [-0.2, 0) is 4.79 Å². The van der Waals surface area contributed by atoms with E-state index in [-0.39, 0.29) is 28.3 Å². The number of benzene rings is 3. The number of nitro groups is 2. The van der Waals surface area contributed by atoms with Crippen LogP contribution in [0.4, 0.5) is 17.1 Å². The molecule has 0 heterocycles. The third-order valence-corrected chi connectivity index (χ3v) is 5.91. The Morgan fingerprint density at radius 3 is 2.05 bits per heavy atom. The van der Waals surface area contributed by atoms with Crippen LogP contribution in [0, 0.1) is 20.2 Å². The number of nitro benzene ring substituents is 2. The van der Waals surface area contributed by atoms with Gasteiger partial charge in [-0.1, -0.05) is 15.9 Å². The van der Waals surface area contributed by atoms with Crippen molar-refractivity contribution in [3.63, 3.8) is 0 Å². The lowest BCUT2D eigenvalue weighted by Gasteiger charge is -2.33. The Labute approximate surface area is 226 Å². The first-order chi connectivity index (χ1) is 17.8. The molecule has 0 aliphatic rings. The second-order valence-electron chi connectivity index (χ2n) is 9.28. The van der Waals surface area contributed by atoms with Crippen LogP contribution in [0.2, 0.25) is 0 Å². The van der Waals surface area contributed by atoms with E-state index in [1.165, 1.54) is 43.5 Å². The summed E-state index contributed by atoms with van der Waals surface area (Å²) in [6.45, 7) is 5.28. The minimum atomic E-state index is -1.34. The number of methoxy groups -OCH3 is 1. The van der Waals surface area contributed by atoms with E-state index in [0.717, 1.165) is 11.0 Å². The summed E-state index contributed by atoms with van der Waals surface area (Å²) in [4.78, 5) is 50.8. The molecule has 1 N–H and O–H groups in total. The average Bonchev–Trinajstić information content (AvgIpc) is 2.86. The number of anilines is 1. The van der Waals surface area contributed by atoms with E-state index in [2.05, 4.69) is 21.2 Å². The number of hydrogen-bond donors (Lipinski definition) is 1. The number of hydrogen-bond acceptors (Lipinski definition) is 7. The molecule has 0 bridgehead atoms. The Morgan fingerprint density at radius 1 is 0.947 bits per heavy atom. The zero-order valence-corrected chi connectivity index (χ0v) is 22.6. The maximum Gasteiger partial charge on any atom is 0.282 e. The number of rotatable bonds is 8. The van der Waals surface area contributed by atoms with E-state index < -0.39 is 38.9 Å². The van der Waals surface area contributed by atoms with Crippen molar-refractivity contribution in [2.45, 2.75) is 32.4 Å². The van der Waals surface area contributed by atoms with Gasteiger partial charge in [-0.3, -0.25) is 34.7 Å². The van der Waals surface area contributed by atoms with Gasteiger partial charge < -0.3 is 10.1 Å². The molecule has 198 valence electrons. The van der Waals surface area contributed by atoms with Gasteiger partial charge >= 0.3 is 0 Å². The highest BCUT2D eigenvalue weighted by Crippen LogP contribution is 2.35. The molecule has 0 radical (unpaired) electrons. The zero-order chi connectivity index (χ0) is 28.2. The van der Waals surface area contributed by atoms with Gasteiger partial charge in [0, 0.05) is 33.9 Å². The van der Waals surface area contributed by atoms with Crippen molar-refractivity contribution in [3.8, 4) is 5.75 Å². The Kier molecular flexibility index (Phi) is 8.46. The van der Waals surface area contributed by atoms with Crippen LogP contribution in [0.3, 0.4) is 0 Å². The number of ether oxygens (including phenoxy) is 1. The molecule has 0 aliphatic carbocycles. The average molecular weight is 585 g/mol. The minimum Gasteiger partial charge on any atom is -0.497 e. The summed E-state index contributed by atoms with van der Waals surface area (Å²) in [5, 5.41) is 25.9. The molecule has 0 fully saturated rings. The number of nitrogens with one attached hydrogen (secondary N) is 1. The van der Waals surface area contributed by atoms with Crippen molar-refractivity contribution < 1.29 is 24.2 Å². The molecule has 0 saturated heterocycles. The molecular weight excluding hydrogens is 560 g/mol. The normalized spacial score (nSPS) is 11.8. The van der Waals surface area contributed by atoms with Crippen LogP contribution in [0.25, 0.3) is 0 Å². The van der Waals surface area contributed by atoms with Gasteiger partial charge in [0.25, 0.3) is 17.3 Å². The van der Waals surface area contributed by atoms with E-state index in [4.69, 9.17) is 4.74 Å². The predicted octanol–water partition coefficient (Wildman–Crippen LogP) is 5.58. The second kappa shape index (κ2) is 11.4. The quantitative estimate of drug-likeness (QED) is 0.269. The molecule has 3 aromatic carbocycles. The van der Waals surface area contributed by atoms with Crippen molar-refractivity contribution >= 4 is 44.8 Å². The largest absolute Gasteiger partial charge is 0.497 e. The first-order valence-corrected chi connectivity index (χ1v) is 12.1. The summed E-state index contributed by atoms with van der Waals surface area (Å²) < 4.78 is 5.89. The fourth-order valence-corrected chi connectivity index (χ4v) is 3.99. The van der Waals surface area contributed by atoms with Crippen molar-refractivity contribution in [3.05, 3.63) is 103 Å². The smallest absolute Gasteiger partial charge is 0.282 e. The lowest BCUT2D eigenvalue weighted by molar-refractivity contribution is -0.385. The summed E-state index contributed by atoms with van der Waals surface area (Å²) in [7, 11) is 1.36. The highest BCUT2D eigenvalue weighted by molar-refractivity contribution is 9.10. The number of halogens is 1. The Bertz CT molecular complexity index is 1370. The molecule has 3 rings (SSSR count). The second-order valence-corrected chi connectivity index (χ2v) is 10.2. The van der Waals surface area contributed by atoms with E-state index in [0.29, 0.717) is 4.47 Å². The lowest BCUT2D eigenvalue weighted by Crippen LogP contribution is -2.49. The summed E-state index contributed by atoms with van der Waals surface area (Å²) in [6.07, 6.45) is 0. The molecule has 11 nitrogen and oxygen atoms in total. The first kappa shape index (κ1) is 28.3. The monoisotopic (exact) mass is 584 g/mol. The molecule has 38 heavy (non-hydrogen) atoms. The summed E-state index contributed by atoms with van der Waals surface area (Å²) in [5.41, 5.74) is -1.15. The Morgan fingerprint density at radius 2 is 1.55 bits per heavy atom. The summed E-state index contributed by atoms with van der Waals surface area (Å²) >= 11 is 3.35. The predicted molar refractivity (Wildman–Crippen MR) is 144 cm³/mol. The van der Waals surface area contributed by atoms with Crippen LogP contribution in [0.5, 0.6) is 5.75 Å². The molecule has 1 atom stereocenters. The van der Waals surface area contributed by atoms with Gasteiger partial charge in [-0.15, -0.1) is 0 Å². The number of carbonyl (C=O) groups is 2. The fraction of sp³-hybridized carbons (Fsp3) is 0.231. The van der Waals surface area contributed by atoms with E-state index in [1.54, 1.807) is 45.0 Å². The van der Waals surface area contributed by atoms with E-state index >= 15 is 0 Å². The standard InChI is InChI=1S/C26H25BrN4O7/c1-26(2,3)28-24(32)23(16-5-9-19(10-6-16)30(34)35)29(18-11-7-17(27)8-12-18)25(33)21-15-20(38-4)13-14-22(21)31(36)37/h5-15,23H,1-4H3,(H,28,32). The van der Waals surface area contributed by atoms with Crippen molar-refractivity contribution in [2.75, 3.05) is 12.0 Å². The van der Waals surface area contributed by atoms with Gasteiger partial charge in [0.05, 0.1) is 17.0 Å². The Hall–Kier alpha value is -4.32. The van der Waals surface area contributed by atoms with E-state index in [1.807, 2.05) is 0 Å². The zero-order valence-electron chi connectivity index (χ0n) is 21.0. The molecule has 3 aromatic rings. The van der Waals surface area contributed by atoms with Gasteiger partial charge in [0.1, 0.15) is 17.4 Å². The molecule has 0 aliphatic heterocycles. The summed E-state index contributed by atoms with van der Waals surface area (Å²) in [5.74, 6) is -1.22. The molecule has 2 amide bonds. The van der Waals surface area contributed by atoms with Gasteiger partial charge in [-0.2, -0.15) is 0 Å². The highest BCUT2D eigenvalue weighted by Gasteiger charge is 2.37. The number of carbonyl (C=O) groups excluding carboxylic acids is 2. The van der Waals surface area contributed by atoms with Crippen molar-refractivity contribution in [2.24, 2.45) is 0 Å². The molecule has 1 unspecified atom stereocenters. The number of nitrogens with zero attached hydrogens (tertiary/aromatic N) is 3. The van der Waals surface area contributed by atoms with Crippen LogP contribution in [0.1, 0.15) is 42.7 Å². The maximum atomic E-state index is 14.1. The Balaban J connectivity index is 2.30. The third kappa shape index (κ3) is 6.51. The fourth-order valence-electron chi connectivity index (χ4n) is 3.72. The third-order valence-electron chi connectivity index (χ3n) is 5.38. The van der Waals surface area contributed by atoms with Gasteiger partial charge in [-0.05, 0) is 74.9 Å². The van der Waals surface area contributed by atoms with Gasteiger partial charge in [-0.25, -0.2) is 0 Å². The number of amides is 2. The highest BCUT2D eigenvalue weighted by atomic mass is 79.9. The maximum absolute atomic E-state index is 14.1. The molecular formula is C26H25BrN4O7. The van der Waals surface area contributed by atoms with Crippen LogP contribution >= 0.6 is 15.9 Å². The van der Waals surface area contributed by atoms with Gasteiger partial charge in [0.15, 0.2) is 0 Å².